The third-order valence-corrected chi connectivity index (χ3v) is 3.09. The molecule has 8 heteroatoms. The molecule has 7 nitrogen and oxygen atoms in total. The van der Waals surface area contributed by atoms with Gasteiger partial charge in [0.15, 0.2) is 0 Å². The molecule has 0 bridgehead atoms. The smallest absolute Gasteiger partial charge is 0.315 e. The van der Waals surface area contributed by atoms with E-state index in [0.29, 0.717) is 5.69 Å². The van der Waals surface area contributed by atoms with Gasteiger partial charge < -0.3 is 16.0 Å². The average Bonchev–Trinajstić information content (AvgIpc) is 2.99. The molecule has 0 unspecified atom stereocenters. The largest absolute Gasteiger partial charge is 0.350 e. The van der Waals surface area contributed by atoms with Crippen molar-refractivity contribution in [1.29, 1.82) is 0 Å². The van der Waals surface area contributed by atoms with Crippen molar-refractivity contribution in [3.05, 3.63) is 48.0 Å². The average molecular weight is 347 g/mol. The maximum Gasteiger partial charge on any atom is 0.315 e. The number of nitrogens with one attached hydrogen (secondary N) is 3. The molecular formula is C17H22FN5O2. The molecule has 1 aromatic heterocycles. The summed E-state index contributed by atoms with van der Waals surface area (Å²) in [4.78, 5) is 23.3. The van der Waals surface area contributed by atoms with E-state index in [2.05, 4.69) is 21.0 Å². The number of rotatable bonds is 5. The predicted octanol–water partition coefficient (Wildman–Crippen LogP) is 1.73. The van der Waals surface area contributed by atoms with Crippen LogP contribution >= 0.6 is 0 Å². The monoisotopic (exact) mass is 347 g/mol. The lowest BCUT2D eigenvalue weighted by Gasteiger charge is -2.20. The molecule has 0 spiro atoms. The van der Waals surface area contributed by atoms with Crippen LogP contribution in [0, 0.1) is 5.82 Å². The fourth-order valence-corrected chi connectivity index (χ4v) is 2.05. The first-order chi connectivity index (χ1) is 11.7. The number of carbonyl (C=O) groups excluding carboxylic acids is 2. The van der Waals surface area contributed by atoms with E-state index < -0.39 is 6.03 Å². The third kappa shape index (κ3) is 6.25. The SMILES string of the molecule is CC(C)(C)NC(=O)CNC(=O)NCc1ccn(-c2ccc(F)cc2)n1. The van der Waals surface area contributed by atoms with Gasteiger partial charge in [0.25, 0.3) is 0 Å². The van der Waals surface area contributed by atoms with Crippen molar-refractivity contribution in [2.24, 2.45) is 0 Å². The van der Waals surface area contributed by atoms with Crippen molar-refractivity contribution in [2.75, 3.05) is 6.54 Å². The Labute approximate surface area is 145 Å². The zero-order chi connectivity index (χ0) is 18.4. The van der Waals surface area contributed by atoms with Gasteiger partial charge in [0, 0.05) is 11.7 Å². The lowest BCUT2D eigenvalue weighted by molar-refractivity contribution is -0.121. The molecule has 2 rings (SSSR count). The summed E-state index contributed by atoms with van der Waals surface area (Å²) < 4.78 is 14.5. The summed E-state index contributed by atoms with van der Waals surface area (Å²) in [5.74, 6) is -0.576. The summed E-state index contributed by atoms with van der Waals surface area (Å²) in [5.41, 5.74) is 1.01. The number of carbonyl (C=O) groups is 2. The molecule has 0 aliphatic carbocycles. The van der Waals surface area contributed by atoms with E-state index in [4.69, 9.17) is 0 Å². The molecule has 0 saturated heterocycles. The van der Waals surface area contributed by atoms with Gasteiger partial charge in [-0.25, -0.2) is 13.9 Å². The maximum absolute atomic E-state index is 12.9. The van der Waals surface area contributed by atoms with Crippen LogP contribution in [-0.4, -0.2) is 33.8 Å². The first-order valence-corrected chi connectivity index (χ1v) is 7.86. The first-order valence-electron chi connectivity index (χ1n) is 7.86. The molecule has 25 heavy (non-hydrogen) atoms. The number of halogens is 1. The van der Waals surface area contributed by atoms with Gasteiger partial charge in [0.1, 0.15) is 5.82 Å². The minimum atomic E-state index is -0.458. The molecule has 0 aliphatic rings. The molecule has 3 amide bonds. The molecule has 134 valence electrons. The summed E-state index contributed by atoms with van der Waals surface area (Å²) in [6.45, 7) is 5.70. The predicted molar refractivity (Wildman–Crippen MR) is 91.7 cm³/mol. The fourth-order valence-electron chi connectivity index (χ4n) is 2.05. The second-order valence-corrected chi connectivity index (χ2v) is 6.56. The van der Waals surface area contributed by atoms with E-state index in [1.807, 2.05) is 20.8 Å². The molecule has 0 radical (unpaired) electrons. The van der Waals surface area contributed by atoms with Crippen LogP contribution in [0.1, 0.15) is 26.5 Å². The number of nitrogens with zero attached hydrogens (tertiary/aromatic N) is 2. The highest BCUT2D eigenvalue weighted by Gasteiger charge is 2.14. The van der Waals surface area contributed by atoms with Crippen molar-refractivity contribution >= 4 is 11.9 Å². The zero-order valence-electron chi connectivity index (χ0n) is 14.5. The number of aromatic nitrogens is 2. The van der Waals surface area contributed by atoms with E-state index in [0.717, 1.165) is 5.69 Å². The van der Waals surface area contributed by atoms with Crippen LogP contribution in [-0.2, 0) is 11.3 Å². The quantitative estimate of drug-likeness (QED) is 0.770. The topological polar surface area (TPSA) is 88.0 Å². The zero-order valence-corrected chi connectivity index (χ0v) is 14.5. The second kappa shape index (κ2) is 7.78. The van der Waals surface area contributed by atoms with Gasteiger partial charge in [-0.15, -0.1) is 0 Å². The first kappa shape index (κ1) is 18.4. The number of amides is 3. The Morgan fingerprint density at radius 2 is 1.80 bits per heavy atom. The van der Waals surface area contributed by atoms with Gasteiger partial charge >= 0.3 is 6.03 Å². The highest BCUT2D eigenvalue weighted by molar-refractivity contribution is 5.84. The summed E-state index contributed by atoms with van der Waals surface area (Å²) in [5, 5.41) is 12.2. The Morgan fingerprint density at radius 3 is 2.44 bits per heavy atom. The normalized spacial score (nSPS) is 11.0. The van der Waals surface area contributed by atoms with Crippen LogP contribution in [0.15, 0.2) is 36.5 Å². The Morgan fingerprint density at radius 1 is 1.12 bits per heavy atom. The summed E-state index contributed by atoms with van der Waals surface area (Å²) in [6.07, 6.45) is 1.72. The summed E-state index contributed by atoms with van der Waals surface area (Å²) >= 11 is 0. The van der Waals surface area contributed by atoms with Crippen LogP contribution in [0.3, 0.4) is 0 Å². The third-order valence-electron chi connectivity index (χ3n) is 3.09. The van der Waals surface area contributed by atoms with Crippen LogP contribution in [0.25, 0.3) is 5.69 Å². The minimum absolute atomic E-state index is 0.104. The highest BCUT2D eigenvalue weighted by Crippen LogP contribution is 2.08. The van der Waals surface area contributed by atoms with Crippen molar-refractivity contribution in [1.82, 2.24) is 25.7 Å². The number of hydrogen-bond donors (Lipinski definition) is 3. The summed E-state index contributed by atoms with van der Waals surface area (Å²) in [6, 6.07) is 7.21. The van der Waals surface area contributed by atoms with Crippen LogP contribution in [0.5, 0.6) is 0 Å². The van der Waals surface area contributed by atoms with Crippen LogP contribution in [0.2, 0.25) is 0 Å². The number of benzene rings is 1. The van der Waals surface area contributed by atoms with E-state index in [-0.39, 0.29) is 30.4 Å². The lowest BCUT2D eigenvalue weighted by atomic mass is 10.1. The van der Waals surface area contributed by atoms with Gasteiger partial charge in [0.2, 0.25) is 5.91 Å². The highest BCUT2D eigenvalue weighted by atomic mass is 19.1. The number of urea groups is 1. The van der Waals surface area contributed by atoms with Gasteiger partial charge in [0.05, 0.1) is 24.5 Å². The minimum Gasteiger partial charge on any atom is -0.350 e. The Balaban J connectivity index is 1.79. The molecule has 0 aliphatic heterocycles. The van der Waals surface area contributed by atoms with E-state index in [1.54, 1.807) is 29.1 Å². The van der Waals surface area contributed by atoms with Crippen LogP contribution < -0.4 is 16.0 Å². The van der Waals surface area contributed by atoms with Gasteiger partial charge in [-0.2, -0.15) is 5.10 Å². The molecule has 0 fully saturated rings. The molecule has 0 atom stereocenters. The fraction of sp³-hybridized carbons (Fsp3) is 0.353. The molecule has 3 N–H and O–H groups in total. The second-order valence-electron chi connectivity index (χ2n) is 6.56. The van der Waals surface area contributed by atoms with Crippen molar-refractivity contribution in [3.8, 4) is 5.69 Å². The van der Waals surface area contributed by atoms with E-state index in [9.17, 15) is 14.0 Å². The lowest BCUT2D eigenvalue weighted by Crippen LogP contribution is -2.47. The molecule has 2 aromatic rings. The van der Waals surface area contributed by atoms with Crippen molar-refractivity contribution in [2.45, 2.75) is 32.9 Å². The van der Waals surface area contributed by atoms with E-state index >= 15 is 0 Å². The number of hydrogen-bond acceptors (Lipinski definition) is 3. The van der Waals surface area contributed by atoms with Crippen molar-refractivity contribution < 1.29 is 14.0 Å². The Kier molecular flexibility index (Phi) is 5.74. The molecule has 1 heterocycles. The Bertz CT molecular complexity index is 734. The molecule has 0 saturated carbocycles. The van der Waals surface area contributed by atoms with Gasteiger partial charge in [-0.05, 0) is 51.1 Å². The van der Waals surface area contributed by atoms with Gasteiger partial charge in [-0.1, -0.05) is 0 Å². The van der Waals surface area contributed by atoms with E-state index in [1.165, 1.54) is 12.1 Å². The van der Waals surface area contributed by atoms with Crippen LogP contribution in [0.4, 0.5) is 9.18 Å². The van der Waals surface area contributed by atoms with Gasteiger partial charge in [-0.3, -0.25) is 4.79 Å². The molecular weight excluding hydrogens is 325 g/mol. The summed E-state index contributed by atoms with van der Waals surface area (Å²) in [7, 11) is 0. The Hall–Kier alpha value is -2.90. The maximum atomic E-state index is 12.9. The standard InChI is InChI=1S/C17H22FN5O2/c1-17(2,3)21-15(24)11-20-16(25)19-10-13-8-9-23(22-13)14-6-4-12(18)5-7-14/h4-9H,10-11H2,1-3H3,(H,21,24)(H2,19,20,25). The molecule has 1 aromatic carbocycles. The van der Waals surface area contributed by atoms with Crippen molar-refractivity contribution in [3.63, 3.8) is 0 Å².